The van der Waals surface area contributed by atoms with Crippen molar-refractivity contribution in [2.75, 3.05) is 0 Å². The molecule has 1 heterocycles. The van der Waals surface area contributed by atoms with Gasteiger partial charge in [0.1, 0.15) is 0 Å². The molecule has 2 rings (SSSR count). The van der Waals surface area contributed by atoms with E-state index < -0.39 is 0 Å². The third-order valence-electron chi connectivity index (χ3n) is 3.01. The van der Waals surface area contributed by atoms with E-state index in [-0.39, 0.29) is 5.54 Å². The van der Waals surface area contributed by atoms with E-state index in [9.17, 15) is 0 Å². The number of aryl methyl sites for hydroxylation is 2. The first-order chi connectivity index (χ1) is 9.74. The molecule has 0 saturated heterocycles. The quantitative estimate of drug-likeness (QED) is 0.903. The predicted molar refractivity (Wildman–Crippen MR) is 90.1 cm³/mol. The minimum atomic E-state index is 0.0880. The van der Waals surface area contributed by atoms with Gasteiger partial charge in [-0.05, 0) is 51.5 Å². The summed E-state index contributed by atoms with van der Waals surface area (Å²) >= 11 is 7.86. The highest BCUT2D eigenvalue weighted by atomic mass is 35.5. The standard InChI is InChI=1S/C16H22ClN3S/c1-11-8-15(20(5)19-11)21-14-9-13(17)7-6-12(14)10-18-16(2,3)4/h6-9,18H,10H2,1-5H3. The minimum Gasteiger partial charge on any atom is -0.308 e. The van der Waals surface area contributed by atoms with Gasteiger partial charge in [-0.3, -0.25) is 4.68 Å². The Morgan fingerprint density at radius 1 is 1.29 bits per heavy atom. The molecule has 3 nitrogen and oxygen atoms in total. The van der Waals surface area contributed by atoms with Crippen molar-refractivity contribution in [3.05, 3.63) is 40.5 Å². The summed E-state index contributed by atoms with van der Waals surface area (Å²) in [5.41, 5.74) is 2.36. The van der Waals surface area contributed by atoms with Crippen LogP contribution in [0.4, 0.5) is 0 Å². The van der Waals surface area contributed by atoms with Crippen molar-refractivity contribution in [2.45, 2.75) is 49.7 Å². The van der Waals surface area contributed by atoms with Gasteiger partial charge in [0.05, 0.1) is 10.7 Å². The van der Waals surface area contributed by atoms with E-state index in [1.54, 1.807) is 11.8 Å². The summed E-state index contributed by atoms with van der Waals surface area (Å²) in [5.74, 6) is 0. The highest BCUT2D eigenvalue weighted by molar-refractivity contribution is 7.99. The first-order valence-corrected chi connectivity index (χ1v) is 8.16. The molecule has 1 aromatic carbocycles. The van der Waals surface area contributed by atoms with Crippen molar-refractivity contribution in [1.82, 2.24) is 15.1 Å². The van der Waals surface area contributed by atoms with Crippen LogP contribution in [-0.4, -0.2) is 15.3 Å². The molecule has 0 saturated carbocycles. The van der Waals surface area contributed by atoms with Crippen LogP contribution >= 0.6 is 23.4 Å². The Hall–Kier alpha value is -0.970. The molecule has 2 aromatic rings. The number of rotatable bonds is 4. The Kier molecular flexibility index (Phi) is 5.02. The summed E-state index contributed by atoms with van der Waals surface area (Å²) in [7, 11) is 1.97. The lowest BCUT2D eigenvalue weighted by Gasteiger charge is -2.21. The van der Waals surface area contributed by atoms with E-state index in [2.05, 4.69) is 43.3 Å². The van der Waals surface area contributed by atoms with E-state index in [0.29, 0.717) is 0 Å². The van der Waals surface area contributed by atoms with Crippen LogP contribution in [0, 0.1) is 6.92 Å². The smallest absolute Gasteiger partial charge is 0.0987 e. The number of halogens is 1. The number of nitrogens with zero attached hydrogens (tertiary/aromatic N) is 2. The van der Waals surface area contributed by atoms with Crippen molar-refractivity contribution in [3.8, 4) is 0 Å². The summed E-state index contributed by atoms with van der Waals surface area (Å²) in [6.45, 7) is 9.32. The van der Waals surface area contributed by atoms with Crippen molar-refractivity contribution in [3.63, 3.8) is 0 Å². The van der Waals surface area contributed by atoms with Crippen molar-refractivity contribution >= 4 is 23.4 Å². The molecule has 0 fully saturated rings. The number of nitrogens with one attached hydrogen (secondary N) is 1. The maximum atomic E-state index is 6.16. The molecule has 0 amide bonds. The van der Waals surface area contributed by atoms with Gasteiger partial charge < -0.3 is 5.32 Å². The Balaban J connectivity index is 2.25. The van der Waals surface area contributed by atoms with Gasteiger partial charge in [-0.1, -0.05) is 29.4 Å². The van der Waals surface area contributed by atoms with Crippen LogP contribution < -0.4 is 5.32 Å². The van der Waals surface area contributed by atoms with Gasteiger partial charge in [0.2, 0.25) is 0 Å². The Morgan fingerprint density at radius 2 is 2.00 bits per heavy atom. The van der Waals surface area contributed by atoms with Crippen LogP contribution in [0.1, 0.15) is 32.0 Å². The van der Waals surface area contributed by atoms with Gasteiger partial charge in [-0.25, -0.2) is 0 Å². The molecule has 114 valence electrons. The molecule has 0 atom stereocenters. The SMILES string of the molecule is Cc1cc(Sc2cc(Cl)ccc2CNC(C)(C)C)n(C)n1. The monoisotopic (exact) mass is 323 g/mol. The molecule has 0 bridgehead atoms. The van der Waals surface area contributed by atoms with Crippen LogP contribution in [0.5, 0.6) is 0 Å². The van der Waals surface area contributed by atoms with Crippen LogP contribution in [-0.2, 0) is 13.6 Å². The van der Waals surface area contributed by atoms with Gasteiger partial charge in [0, 0.05) is 29.0 Å². The van der Waals surface area contributed by atoms with Crippen molar-refractivity contribution in [2.24, 2.45) is 7.05 Å². The maximum Gasteiger partial charge on any atom is 0.0987 e. The molecule has 0 unspecified atom stereocenters. The Morgan fingerprint density at radius 3 is 2.57 bits per heavy atom. The van der Waals surface area contributed by atoms with Gasteiger partial charge >= 0.3 is 0 Å². The zero-order valence-corrected chi connectivity index (χ0v) is 14.8. The summed E-state index contributed by atoms with van der Waals surface area (Å²) in [6, 6.07) is 8.15. The third-order valence-corrected chi connectivity index (χ3v) is 4.44. The van der Waals surface area contributed by atoms with E-state index in [0.717, 1.165) is 22.3 Å². The molecule has 0 aliphatic carbocycles. The average molecular weight is 324 g/mol. The zero-order valence-electron chi connectivity index (χ0n) is 13.2. The number of hydrogen-bond donors (Lipinski definition) is 1. The molecule has 1 N–H and O–H groups in total. The highest BCUT2D eigenvalue weighted by Gasteiger charge is 2.13. The van der Waals surface area contributed by atoms with Gasteiger partial charge in [-0.2, -0.15) is 5.10 Å². The third kappa shape index (κ3) is 4.77. The normalized spacial score (nSPS) is 11.9. The summed E-state index contributed by atoms with van der Waals surface area (Å²) in [5, 5.41) is 9.79. The predicted octanol–water partition coefficient (Wildman–Crippen LogP) is 4.42. The Labute approximate surface area is 136 Å². The second-order valence-electron chi connectivity index (χ2n) is 6.21. The van der Waals surface area contributed by atoms with Gasteiger partial charge in [0.25, 0.3) is 0 Å². The molecular weight excluding hydrogens is 302 g/mol. The fraction of sp³-hybridized carbons (Fsp3) is 0.438. The zero-order chi connectivity index (χ0) is 15.6. The van der Waals surface area contributed by atoms with Gasteiger partial charge in [0.15, 0.2) is 0 Å². The van der Waals surface area contributed by atoms with Crippen molar-refractivity contribution in [1.29, 1.82) is 0 Å². The lowest BCUT2D eigenvalue weighted by Crippen LogP contribution is -2.35. The first kappa shape index (κ1) is 16.4. The van der Waals surface area contributed by atoms with Crippen LogP contribution in [0.3, 0.4) is 0 Å². The molecule has 21 heavy (non-hydrogen) atoms. The van der Waals surface area contributed by atoms with E-state index in [1.165, 1.54) is 10.5 Å². The van der Waals surface area contributed by atoms with Gasteiger partial charge in [-0.15, -0.1) is 0 Å². The van der Waals surface area contributed by atoms with E-state index in [4.69, 9.17) is 11.6 Å². The molecule has 0 aliphatic rings. The second-order valence-corrected chi connectivity index (χ2v) is 7.70. The number of hydrogen-bond acceptors (Lipinski definition) is 3. The van der Waals surface area contributed by atoms with Crippen molar-refractivity contribution < 1.29 is 0 Å². The fourth-order valence-electron chi connectivity index (χ4n) is 1.92. The molecule has 0 radical (unpaired) electrons. The molecule has 5 heteroatoms. The molecule has 0 spiro atoms. The largest absolute Gasteiger partial charge is 0.308 e. The summed E-state index contributed by atoms with van der Waals surface area (Å²) in [6.07, 6.45) is 0. The molecular formula is C16H22ClN3S. The topological polar surface area (TPSA) is 29.9 Å². The molecule has 1 aromatic heterocycles. The maximum absolute atomic E-state index is 6.16. The summed E-state index contributed by atoms with van der Waals surface area (Å²) < 4.78 is 1.90. The lowest BCUT2D eigenvalue weighted by atomic mass is 10.1. The summed E-state index contributed by atoms with van der Waals surface area (Å²) in [4.78, 5) is 1.17. The molecule has 0 aliphatic heterocycles. The fourth-order valence-corrected chi connectivity index (χ4v) is 3.25. The first-order valence-electron chi connectivity index (χ1n) is 6.96. The second kappa shape index (κ2) is 6.42. The highest BCUT2D eigenvalue weighted by Crippen LogP contribution is 2.32. The van der Waals surface area contributed by atoms with E-state index in [1.807, 2.05) is 30.8 Å². The minimum absolute atomic E-state index is 0.0880. The lowest BCUT2D eigenvalue weighted by molar-refractivity contribution is 0.422. The van der Waals surface area contributed by atoms with Crippen LogP contribution in [0.2, 0.25) is 5.02 Å². The average Bonchev–Trinajstić information content (AvgIpc) is 2.65. The Bertz CT molecular complexity index is 629. The van der Waals surface area contributed by atoms with Crippen LogP contribution in [0.15, 0.2) is 34.2 Å². The number of aromatic nitrogens is 2. The number of benzene rings is 1. The van der Waals surface area contributed by atoms with E-state index >= 15 is 0 Å². The van der Waals surface area contributed by atoms with Crippen LogP contribution in [0.25, 0.3) is 0 Å².